The summed E-state index contributed by atoms with van der Waals surface area (Å²) in [5, 5.41) is 10.0. The molecule has 30 heavy (non-hydrogen) atoms. The van der Waals surface area contributed by atoms with Crippen LogP contribution in [0.15, 0.2) is 48.5 Å². The van der Waals surface area contributed by atoms with E-state index < -0.39 is 0 Å². The summed E-state index contributed by atoms with van der Waals surface area (Å²) < 4.78 is 6.06. The molecule has 2 aliphatic rings. The van der Waals surface area contributed by atoms with Crippen LogP contribution in [0.1, 0.15) is 43.7 Å². The number of benzene rings is 2. The second kappa shape index (κ2) is 8.78. The van der Waals surface area contributed by atoms with Crippen LogP contribution in [0.2, 0.25) is 0 Å². The maximum absolute atomic E-state index is 13.7. The van der Waals surface area contributed by atoms with Crippen LogP contribution in [0.5, 0.6) is 11.5 Å². The number of ether oxygens (including phenoxy) is 1. The predicted octanol–water partition coefficient (Wildman–Crippen LogP) is 3.86. The van der Waals surface area contributed by atoms with Gasteiger partial charge in [0.1, 0.15) is 11.5 Å². The number of carbonyl (C=O) groups is 1. The summed E-state index contributed by atoms with van der Waals surface area (Å²) in [5.41, 5.74) is 1.84. The second-order valence-electron chi connectivity index (χ2n) is 9.05. The smallest absolute Gasteiger partial charge is 0.234 e. The van der Waals surface area contributed by atoms with Crippen molar-refractivity contribution < 1.29 is 14.6 Å². The highest BCUT2D eigenvalue weighted by Crippen LogP contribution is 2.44. The van der Waals surface area contributed by atoms with E-state index in [2.05, 4.69) is 18.7 Å². The molecule has 1 N–H and O–H groups in total. The monoisotopic (exact) mass is 408 g/mol. The first-order chi connectivity index (χ1) is 14.4. The largest absolute Gasteiger partial charge is 0.457 e. The number of likely N-dealkylation sites (N-methyl/N-ethyl adjacent to an activating group) is 1. The lowest BCUT2D eigenvalue weighted by atomic mass is 9.86. The van der Waals surface area contributed by atoms with Crippen LogP contribution in [0.4, 0.5) is 0 Å². The molecule has 0 spiro atoms. The summed E-state index contributed by atoms with van der Waals surface area (Å²) in [7, 11) is 1.91. The number of amides is 1. The number of para-hydroxylation sites is 2. The predicted molar refractivity (Wildman–Crippen MR) is 118 cm³/mol. The third-order valence-corrected chi connectivity index (χ3v) is 6.24. The molecule has 1 unspecified atom stereocenters. The summed E-state index contributed by atoms with van der Waals surface area (Å²) in [4.78, 5) is 18.0. The number of β-amino-alcohol motifs (C(OH)–C–C–N with tert-alkyl or cyclic N) is 1. The Bertz CT molecular complexity index is 852. The van der Waals surface area contributed by atoms with Crippen molar-refractivity contribution in [1.82, 2.24) is 9.80 Å². The Morgan fingerprint density at radius 1 is 1.13 bits per heavy atom. The van der Waals surface area contributed by atoms with Gasteiger partial charge < -0.3 is 14.7 Å². The van der Waals surface area contributed by atoms with Crippen molar-refractivity contribution in [2.45, 2.75) is 44.8 Å². The van der Waals surface area contributed by atoms with E-state index >= 15 is 0 Å². The van der Waals surface area contributed by atoms with Gasteiger partial charge in [0.15, 0.2) is 0 Å². The van der Waals surface area contributed by atoms with E-state index in [1.807, 2.05) is 60.5 Å². The van der Waals surface area contributed by atoms with Gasteiger partial charge in [0.25, 0.3) is 0 Å². The zero-order valence-corrected chi connectivity index (χ0v) is 18.1. The number of likely N-dealkylation sites (tertiary alicyclic amines) is 1. The third kappa shape index (κ3) is 4.23. The zero-order chi connectivity index (χ0) is 21.3. The summed E-state index contributed by atoms with van der Waals surface area (Å²) in [6, 6.07) is 15.9. The number of aliphatic hydroxyl groups is 1. The number of fused-ring (bicyclic) bond motifs is 2. The molecule has 1 fully saturated rings. The van der Waals surface area contributed by atoms with Crippen LogP contribution >= 0.6 is 0 Å². The molecular weight excluding hydrogens is 376 g/mol. The van der Waals surface area contributed by atoms with Crippen molar-refractivity contribution in [3.63, 3.8) is 0 Å². The molecule has 2 heterocycles. The van der Waals surface area contributed by atoms with Gasteiger partial charge in [0.05, 0.1) is 12.0 Å². The van der Waals surface area contributed by atoms with Crippen LogP contribution in [0.3, 0.4) is 0 Å². The Morgan fingerprint density at radius 3 is 2.27 bits per heavy atom. The van der Waals surface area contributed by atoms with E-state index in [1.54, 1.807) is 0 Å². The molecule has 5 heteroatoms. The minimum atomic E-state index is -0.361. The lowest BCUT2D eigenvalue weighted by Crippen LogP contribution is -2.46. The molecule has 4 rings (SSSR count). The molecule has 5 nitrogen and oxygen atoms in total. The van der Waals surface area contributed by atoms with Gasteiger partial charge in [-0.2, -0.15) is 0 Å². The molecule has 0 saturated carbocycles. The average molecular weight is 409 g/mol. The molecule has 0 aromatic heterocycles. The lowest BCUT2D eigenvalue weighted by Gasteiger charge is -2.35. The van der Waals surface area contributed by atoms with Crippen LogP contribution in [0, 0.1) is 5.92 Å². The molecule has 0 radical (unpaired) electrons. The quantitative estimate of drug-likeness (QED) is 0.789. The maximum atomic E-state index is 13.7. The van der Waals surface area contributed by atoms with E-state index in [1.165, 1.54) is 0 Å². The molecule has 0 bridgehead atoms. The van der Waals surface area contributed by atoms with Crippen molar-refractivity contribution in [2.75, 3.05) is 26.7 Å². The number of nitrogens with zero attached hydrogens (tertiary/aromatic N) is 2. The Labute approximate surface area is 179 Å². The van der Waals surface area contributed by atoms with Gasteiger partial charge in [-0.25, -0.2) is 0 Å². The van der Waals surface area contributed by atoms with E-state index in [9.17, 15) is 9.90 Å². The van der Waals surface area contributed by atoms with Crippen LogP contribution in [0.25, 0.3) is 0 Å². The van der Waals surface area contributed by atoms with E-state index in [4.69, 9.17) is 4.74 Å². The van der Waals surface area contributed by atoms with Crippen molar-refractivity contribution in [2.24, 2.45) is 5.92 Å². The molecule has 160 valence electrons. The number of hydrogen-bond donors (Lipinski definition) is 1. The molecule has 2 atom stereocenters. The first kappa shape index (κ1) is 20.9. The number of carbonyl (C=O) groups excluding carboxylic acids is 1. The Kier molecular flexibility index (Phi) is 6.11. The third-order valence-electron chi connectivity index (χ3n) is 6.24. The Hall–Kier alpha value is -2.37. The van der Waals surface area contributed by atoms with Crippen LogP contribution in [-0.4, -0.2) is 59.6 Å². The highest BCUT2D eigenvalue weighted by molar-refractivity contribution is 5.89. The summed E-state index contributed by atoms with van der Waals surface area (Å²) in [6.07, 6.45) is 1.56. The summed E-state index contributed by atoms with van der Waals surface area (Å²) >= 11 is 0. The standard InChI is InChI=1S/C25H32N2O3/c1-17(2)14-18(27-13-12-19(28)16-27)15-26(3)25(29)24-20-8-4-6-10-22(20)30-23-11-7-5-9-21(23)24/h4-11,17-19,24,28H,12-16H2,1-3H3/t18?,19-/m0/s1. The van der Waals surface area contributed by atoms with Gasteiger partial charge in [-0.15, -0.1) is 0 Å². The van der Waals surface area contributed by atoms with Gasteiger partial charge in [-0.05, 0) is 30.9 Å². The average Bonchev–Trinajstić information content (AvgIpc) is 3.17. The van der Waals surface area contributed by atoms with Crippen molar-refractivity contribution >= 4 is 5.91 Å². The van der Waals surface area contributed by atoms with Crippen LogP contribution < -0.4 is 4.74 Å². The topological polar surface area (TPSA) is 53.0 Å². The van der Waals surface area contributed by atoms with E-state index in [0.717, 1.165) is 42.0 Å². The molecule has 1 saturated heterocycles. The number of rotatable bonds is 6. The van der Waals surface area contributed by atoms with Gasteiger partial charge in [-0.1, -0.05) is 50.2 Å². The Morgan fingerprint density at radius 2 is 1.73 bits per heavy atom. The van der Waals surface area contributed by atoms with Crippen LogP contribution in [-0.2, 0) is 4.79 Å². The fourth-order valence-electron chi connectivity index (χ4n) is 4.79. The number of aliphatic hydroxyl groups excluding tert-OH is 1. The molecule has 0 aliphatic carbocycles. The fraction of sp³-hybridized carbons (Fsp3) is 0.480. The van der Waals surface area contributed by atoms with Crippen molar-refractivity contribution in [1.29, 1.82) is 0 Å². The van der Waals surface area contributed by atoms with E-state index in [0.29, 0.717) is 19.0 Å². The van der Waals surface area contributed by atoms with Crippen molar-refractivity contribution in [3.05, 3.63) is 59.7 Å². The van der Waals surface area contributed by atoms with Gasteiger partial charge in [0.2, 0.25) is 5.91 Å². The minimum absolute atomic E-state index is 0.0895. The lowest BCUT2D eigenvalue weighted by molar-refractivity contribution is -0.131. The van der Waals surface area contributed by atoms with Crippen molar-refractivity contribution in [3.8, 4) is 11.5 Å². The Balaban J connectivity index is 1.59. The summed E-state index contributed by atoms with van der Waals surface area (Å²) in [5.74, 6) is 1.76. The molecule has 2 aromatic rings. The normalized spacial score (nSPS) is 19.8. The van der Waals surface area contributed by atoms with Gasteiger partial charge in [-0.3, -0.25) is 9.69 Å². The van der Waals surface area contributed by atoms with Gasteiger partial charge in [0, 0.05) is 43.9 Å². The zero-order valence-electron chi connectivity index (χ0n) is 18.1. The van der Waals surface area contributed by atoms with E-state index in [-0.39, 0.29) is 24.0 Å². The number of hydrogen-bond acceptors (Lipinski definition) is 4. The highest BCUT2D eigenvalue weighted by Gasteiger charge is 2.36. The minimum Gasteiger partial charge on any atom is -0.457 e. The highest BCUT2D eigenvalue weighted by atomic mass is 16.5. The summed E-state index contributed by atoms with van der Waals surface area (Å²) in [6.45, 7) is 6.68. The fourth-order valence-corrected chi connectivity index (χ4v) is 4.79. The molecule has 2 aliphatic heterocycles. The van der Waals surface area contributed by atoms with Gasteiger partial charge >= 0.3 is 0 Å². The molecule has 2 aromatic carbocycles. The maximum Gasteiger partial charge on any atom is 0.234 e. The molecule has 1 amide bonds. The first-order valence-corrected chi connectivity index (χ1v) is 11.0. The SMILES string of the molecule is CC(C)CC(CN(C)C(=O)C1c2ccccc2Oc2ccccc21)N1CC[C@H](O)C1. The molecular formula is C25H32N2O3. The first-order valence-electron chi connectivity index (χ1n) is 11.0. The second-order valence-corrected chi connectivity index (χ2v) is 9.05.